The molecule has 10 nitrogen and oxygen atoms in total. The van der Waals surface area contributed by atoms with Crippen molar-refractivity contribution >= 4 is 66.5 Å². The Hall–Kier alpha value is -8.29. The lowest BCUT2D eigenvalue weighted by molar-refractivity contribution is 0.300. The molecule has 0 saturated heterocycles. The number of halogens is 1. The number of hydrogen-bond acceptors (Lipinski definition) is 10. The monoisotopic (exact) mass is 1080 g/mol. The van der Waals surface area contributed by atoms with E-state index in [0.717, 1.165) is 27.8 Å². The van der Waals surface area contributed by atoms with Gasteiger partial charge in [-0.3, -0.25) is 9.59 Å². The summed E-state index contributed by atoms with van der Waals surface area (Å²) >= 11 is 2.15. The minimum absolute atomic E-state index is 0.113. The Labute approximate surface area is 436 Å². The van der Waals surface area contributed by atoms with Gasteiger partial charge in [-0.15, -0.1) is 13.2 Å². The molecule has 2 heterocycles. The van der Waals surface area contributed by atoms with Crippen LogP contribution in [0.4, 0.5) is 0 Å². The second-order valence-electron chi connectivity index (χ2n) is 16.5. The molecule has 0 bridgehead atoms. The Kier molecular flexibility index (Phi) is 17.3. The highest BCUT2D eigenvalue weighted by atomic mass is 127. The summed E-state index contributed by atoms with van der Waals surface area (Å²) in [5, 5.41) is 12.0. The molecule has 0 atom stereocenters. The molecule has 0 fully saturated rings. The van der Waals surface area contributed by atoms with Gasteiger partial charge in [0.1, 0.15) is 71.4 Å². The van der Waals surface area contributed by atoms with Crippen LogP contribution in [0, 0.1) is 0 Å². The maximum absolute atomic E-state index is 13.7. The molecule has 0 radical (unpaired) electrons. The molecule has 0 unspecified atom stereocenters. The van der Waals surface area contributed by atoms with E-state index >= 15 is 0 Å². The van der Waals surface area contributed by atoms with Crippen molar-refractivity contribution in [1.29, 1.82) is 0 Å². The minimum atomic E-state index is -0.330. The van der Waals surface area contributed by atoms with Crippen molar-refractivity contribution in [2.24, 2.45) is 0 Å². The Balaban J connectivity index is 0.000000189. The minimum Gasteiger partial charge on any atom is -0.507 e. The normalized spacial score (nSPS) is 10.7. The highest BCUT2D eigenvalue weighted by Gasteiger charge is 2.23. The van der Waals surface area contributed by atoms with E-state index in [1.807, 2.05) is 126 Å². The maximum atomic E-state index is 13.7. The third-order valence-corrected chi connectivity index (χ3v) is 11.8. The zero-order valence-electron chi connectivity index (χ0n) is 40.5. The molecule has 1 N–H and O–H groups in total. The molecule has 8 aromatic carbocycles. The first kappa shape index (κ1) is 51.1. The van der Waals surface area contributed by atoms with Crippen LogP contribution in [0.15, 0.2) is 214 Å². The van der Waals surface area contributed by atoms with Crippen LogP contribution in [-0.2, 0) is 39.3 Å². The highest BCUT2D eigenvalue weighted by Crippen LogP contribution is 2.40. The smallest absolute Gasteiger partial charge is 0.204 e. The summed E-state index contributed by atoms with van der Waals surface area (Å²) in [4.78, 5) is 29.1. The first-order valence-electron chi connectivity index (χ1n) is 23.4. The zero-order valence-corrected chi connectivity index (χ0v) is 42.6. The number of aromatic hydroxyl groups is 1. The molecule has 0 spiro atoms. The molecule has 368 valence electrons. The summed E-state index contributed by atoms with van der Waals surface area (Å²) < 4.78 is 42.7. The van der Waals surface area contributed by atoms with Crippen LogP contribution in [0.25, 0.3) is 43.9 Å². The number of ether oxygens (including phenoxy) is 5. The SMILES string of the molecule is C=CCc1c(OCc2ccccc2)cc(O)c2c(=O)c3cccc(OCc4ccccc4)c3oc12.C=CCc1c(OCc2ccccc2)cc(OC)c2c(=O)c3cccc(OCc4ccccc4)c3oc12.CI. The van der Waals surface area contributed by atoms with Gasteiger partial charge in [-0.25, -0.2) is 0 Å². The number of para-hydroxylation sites is 2. The molecule has 11 heteroatoms. The van der Waals surface area contributed by atoms with E-state index in [0.29, 0.717) is 106 Å². The summed E-state index contributed by atoms with van der Waals surface area (Å²) in [5.74, 6) is 2.16. The molecule has 2 aromatic heterocycles. The van der Waals surface area contributed by atoms with Crippen molar-refractivity contribution in [1.82, 2.24) is 0 Å². The maximum Gasteiger partial charge on any atom is 0.204 e. The fourth-order valence-corrected chi connectivity index (χ4v) is 8.31. The number of rotatable bonds is 17. The third kappa shape index (κ3) is 11.7. The van der Waals surface area contributed by atoms with Gasteiger partial charge in [-0.2, -0.15) is 0 Å². The standard InChI is InChI=1S/C31H26O5.C30H24O5.CH3I/c1-3-11-23-26(35-20-22-14-8-5-9-15-22)18-27(33-2)28-29(32)24-16-10-17-25(30(24)36-31(23)28)34-19-21-12-6-4-7-13-21;1-2-10-22-26(34-19-21-13-7-4-8-14-21)17-24(31)27-28(32)23-15-9-16-25(29(23)35-30(22)27)33-18-20-11-5-3-6-12-20;1-2/h3-10,12-18H,1,11,19-20H2,2H3;2-9,11-17,31H,1,10,18-19H2;1H3. The van der Waals surface area contributed by atoms with E-state index in [9.17, 15) is 14.7 Å². The molecule has 73 heavy (non-hydrogen) atoms. The number of alkyl halides is 1. The topological polar surface area (TPSA) is 127 Å². The van der Waals surface area contributed by atoms with E-state index in [1.54, 1.807) is 54.6 Å². The number of phenolic OH excluding ortho intramolecular Hbond substituents is 1. The summed E-state index contributed by atoms with van der Waals surface area (Å²) in [7, 11) is 1.53. The second-order valence-corrected chi connectivity index (χ2v) is 16.5. The van der Waals surface area contributed by atoms with Crippen LogP contribution in [0.5, 0.6) is 34.5 Å². The first-order valence-corrected chi connectivity index (χ1v) is 25.6. The van der Waals surface area contributed by atoms with Gasteiger partial charge in [0.15, 0.2) is 22.7 Å². The van der Waals surface area contributed by atoms with Gasteiger partial charge in [0.25, 0.3) is 0 Å². The average Bonchev–Trinajstić information content (AvgIpc) is 3.44. The summed E-state index contributed by atoms with van der Waals surface area (Å²) in [6, 6.07) is 52.9. The molecule has 0 aliphatic rings. The lowest BCUT2D eigenvalue weighted by Gasteiger charge is -2.16. The van der Waals surface area contributed by atoms with E-state index in [2.05, 4.69) is 35.7 Å². The average molecular weight is 1080 g/mol. The molecule has 0 aliphatic carbocycles. The highest BCUT2D eigenvalue weighted by molar-refractivity contribution is 14.1. The number of hydrogen-bond donors (Lipinski definition) is 1. The molecule has 10 aromatic rings. The van der Waals surface area contributed by atoms with Crippen molar-refractivity contribution in [3.05, 3.63) is 249 Å². The summed E-state index contributed by atoms with van der Waals surface area (Å²) in [5.41, 5.74) is 6.26. The lowest BCUT2D eigenvalue weighted by Crippen LogP contribution is -2.08. The van der Waals surface area contributed by atoms with Crippen molar-refractivity contribution in [2.75, 3.05) is 12.0 Å². The van der Waals surface area contributed by atoms with Crippen LogP contribution < -0.4 is 34.5 Å². The van der Waals surface area contributed by atoms with E-state index in [1.165, 1.54) is 13.2 Å². The van der Waals surface area contributed by atoms with Crippen LogP contribution in [0.2, 0.25) is 0 Å². The van der Waals surface area contributed by atoms with Gasteiger partial charge < -0.3 is 37.6 Å². The molecule has 0 amide bonds. The predicted octanol–water partition coefficient (Wildman–Crippen LogP) is 14.4. The summed E-state index contributed by atoms with van der Waals surface area (Å²) in [6.07, 6.45) is 4.32. The van der Waals surface area contributed by atoms with Crippen LogP contribution in [0.3, 0.4) is 0 Å². The molecule has 0 aliphatic heterocycles. The van der Waals surface area contributed by atoms with Crippen LogP contribution in [0.1, 0.15) is 33.4 Å². The number of methoxy groups -OCH3 is 1. The Morgan fingerprint density at radius 3 is 1.19 bits per heavy atom. The molecule has 0 saturated carbocycles. The molecular formula is C62H53IO10. The second kappa shape index (κ2) is 24.7. The van der Waals surface area contributed by atoms with E-state index < -0.39 is 0 Å². The third-order valence-electron chi connectivity index (χ3n) is 11.8. The van der Waals surface area contributed by atoms with Gasteiger partial charge in [-0.05, 0) is 64.3 Å². The van der Waals surface area contributed by atoms with Crippen molar-refractivity contribution in [2.45, 2.75) is 39.3 Å². The van der Waals surface area contributed by atoms with Gasteiger partial charge in [-0.1, -0.05) is 168 Å². The molecule has 10 rings (SSSR count). The van der Waals surface area contributed by atoms with Gasteiger partial charge in [0, 0.05) is 23.3 Å². The fourth-order valence-electron chi connectivity index (χ4n) is 8.31. The number of benzene rings is 8. The van der Waals surface area contributed by atoms with Crippen LogP contribution >= 0.6 is 22.6 Å². The van der Waals surface area contributed by atoms with E-state index in [-0.39, 0.29) is 27.6 Å². The molecular weight excluding hydrogens is 1030 g/mol. The number of phenols is 1. The quantitative estimate of drug-likeness (QED) is 0.0407. The zero-order chi connectivity index (χ0) is 51.1. The Morgan fingerprint density at radius 1 is 0.452 bits per heavy atom. The Morgan fingerprint density at radius 2 is 0.808 bits per heavy atom. The lowest BCUT2D eigenvalue weighted by atomic mass is 10.0. The summed E-state index contributed by atoms with van der Waals surface area (Å²) in [6.45, 7) is 9.09. The van der Waals surface area contributed by atoms with Gasteiger partial charge >= 0.3 is 0 Å². The van der Waals surface area contributed by atoms with Crippen LogP contribution in [-0.4, -0.2) is 17.1 Å². The number of allylic oxidation sites excluding steroid dienone is 2. The fraction of sp³-hybridized carbons (Fsp3) is 0.129. The van der Waals surface area contributed by atoms with Crippen molar-refractivity contribution in [3.8, 4) is 34.5 Å². The van der Waals surface area contributed by atoms with Gasteiger partial charge in [0.05, 0.1) is 17.9 Å². The largest absolute Gasteiger partial charge is 0.507 e. The first-order chi connectivity index (χ1) is 35.8. The van der Waals surface area contributed by atoms with Crippen molar-refractivity contribution < 1.29 is 37.6 Å². The number of fused-ring (bicyclic) bond motifs is 4. The predicted molar refractivity (Wildman–Crippen MR) is 299 cm³/mol. The Bertz CT molecular complexity index is 3610. The van der Waals surface area contributed by atoms with E-state index in [4.69, 9.17) is 32.5 Å². The van der Waals surface area contributed by atoms with Gasteiger partial charge in [0.2, 0.25) is 10.9 Å². The van der Waals surface area contributed by atoms with Crippen molar-refractivity contribution in [3.63, 3.8) is 0 Å².